The first-order chi connectivity index (χ1) is 8.24. The van der Waals surface area contributed by atoms with E-state index in [2.05, 4.69) is 15.9 Å². The Morgan fingerprint density at radius 1 is 1.29 bits per heavy atom. The van der Waals surface area contributed by atoms with Crippen LogP contribution in [0.1, 0.15) is 38.5 Å². The highest BCUT2D eigenvalue weighted by molar-refractivity contribution is 9.09. The number of amides is 1. The van der Waals surface area contributed by atoms with E-state index in [1.807, 2.05) is 23.7 Å². The van der Waals surface area contributed by atoms with Crippen molar-refractivity contribution in [2.75, 3.05) is 30.4 Å². The molecule has 1 saturated heterocycles. The van der Waals surface area contributed by atoms with E-state index in [0.29, 0.717) is 11.8 Å². The fourth-order valence-corrected chi connectivity index (χ4v) is 3.70. The van der Waals surface area contributed by atoms with Gasteiger partial charge in [-0.25, -0.2) is 0 Å². The minimum atomic E-state index is 0.348. The molecule has 4 heteroatoms. The topological polar surface area (TPSA) is 20.3 Å². The van der Waals surface area contributed by atoms with Crippen LogP contribution in [0.25, 0.3) is 0 Å². The largest absolute Gasteiger partial charge is 0.346 e. The number of halogens is 1. The van der Waals surface area contributed by atoms with Crippen LogP contribution < -0.4 is 0 Å². The molecule has 2 nitrogen and oxygen atoms in total. The average Bonchev–Trinajstić information content (AvgIpc) is 2.35. The molecule has 1 aliphatic heterocycles. The van der Waals surface area contributed by atoms with Crippen molar-refractivity contribution >= 4 is 33.6 Å². The number of hydrogen-bond acceptors (Lipinski definition) is 2. The van der Waals surface area contributed by atoms with Gasteiger partial charge in [-0.3, -0.25) is 4.79 Å². The van der Waals surface area contributed by atoms with Gasteiger partial charge in [0.2, 0.25) is 5.91 Å². The number of nitrogens with zero attached hydrogens (tertiary/aromatic N) is 1. The summed E-state index contributed by atoms with van der Waals surface area (Å²) in [7, 11) is 1.95. The zero-order valence-corrected chi connectivity index (χ0v) is 13.2. The molecule has 0 N–H and O–H groups in total. The van der Waals surface area contributed by atoms with E-state index in [1.54, 1.807) is 0 Å². The predicted molar refractivity (Wildman–Crippen MR) is 79.9 cm³/mol. The molecule has 1 fully saturated rings. The Hall–Kier alpha value is 0.300. The summed E-state index contributed by atoms with van der Waals surface area (Å²) < 4.78 is 0. The summed E-state index contributed by atoms with van der Waals surface area (Å²) in [5, 5.41) is 1.07. The highest BCUT2D eigenvalue weighted by Crippen LogP contribution is 2.25. The van der Waals surface area contributed by atoms with Gasteiger partial charge in [-0.1, -0.05) is 22.4 Å². The minimum Gasteiger partial charge on any atom is -0.346 e. The molecule has 0 aliphatic carbocycles. The second-order valence-corrected chi connectivity index (χ2v) is 6.84. The van der Waals surface area contributed by atoms with Crippen molar-refractivity contribution in [1.82, 2.24) is 4.90 Å². The predicted octanol–water partition coefficient (Wildman–Crippen LogP) is 3.54. The Bertz CT molecular complexity index is 219. The smallest absolute Gasteiger partial charge is 0.222 e. The third kappa shape index (κ3) is 6.70. The van der Waals surface area contributed by atoms with Crippen LogP contribution in [0.2, 0.25) is 0 Å². The molecule has 0 bridgehead atoms. The Kier molecular flexibility index (Phi) is 8.36. The van der Waals surface area contributed by atoms with Crippen LogP contribution >= 0.6 is 27.7 Å². The molecule has 17 heavy (non-hydrogen) atoms. The lowest BCUT2D eigenvalue weighted by Crippen LogP contribution is -2.30. The molecule has 100 valence electrons. The molecule has 0 spiro atoms. The Morgan fingerprint density at radius 3 is 2.65 bits per heavy atom. The van der Waals surface area contributed by atoms with Crippen molar-refractivity contribution in [2.24, 2.45) is 5.92 Å². The van der Waals surface area contributed by atoms with Crippen molar-refractivity contribution in [3.05, 3.63) is 0 Å². The molecule has 0 saturated carbocycles. The lowest BCUT2D eigenvalue weighted by atomic mass is 9.98. The van der Waals surface area contributed by atoms with Gasteiger partial charge >= 0.3 is 0 Å². The van der Waals surface area contributed by atoms with E-state index in [4.69, 9.17) is 0 Å². The fraction of sp³-hybridized carbons (Fsp3) is 0.923. The summed E-state index contributed by atoms with van der Waals surface area (Å²) >= 11 is 5.45. The Morgan fingerprint density at radius 2 is 2.00 bits per heavy atom. The van der Waals surface area contributed by atoms with Crippen molar-refractivity contribution in [3.8, 4) is 0 Å². The Labute approximate surface area is 118 Å². The number of unbranched alkanes of at least 4 members (excludes halogenated alkanes) is 2. The third-order valence-corrected chi connectivity index (χ3v) is 4.97. The molecule has 1 aliphatic rings. The minimum absolute atomic E-state index is 0.348. The highest BCUT2D eigenvalue weighted by Gasteiger charge is 2.19. The molecule has 1 rings (SSSR count). The lowest BCUT2D eigenvalue weighted by Gasteiger charge is -2.24. The monoisotopic (exact) mass is 321 g/mol. The maximum atomic E-state index is 12.0. The van der Waals surface area contributed by atoms with Crippen LogP contribution in [-0.4, -0.2) is 41.2 Å². The second-order valence-electron chi connectivity index (χ2n) is 4.82. The molecule has 1 amide bonds. The fourth-order valence-electron chi connectivity index (χ4n) is 2.10. The molecule has 1 heterocycles. The van der Waals surface area contributed by atoms with E-state index in [0.717, 1.165) is 24.7 Å². The van der Waals surface area contributed by atoms with E-state index < -0.39 is 0 Å². The van der Waals surface area contributed by atoms with Gasteiger partial charge in [0.25, 0.3) is 0 Å². The van der Waals surface area contributed by atoms with Crippen molar-refractivity contribution in [2.45, 2.75) is 38.5 Å². The van der Waals surface area contributed by atoms with E-state index in [-0.39, 0.29) is 0 Å². The van der Waals surface area contributed by atoms with E-state index >= 15 is 0 Å². The van der Waals surface area contributed by atoms with Gasteiger partial charge in [-0.15, -0.1) is 0 Å². The van der Waals surface area contributed by atoms with Gasteiger partial charge in [0.1, 0.15) is 0 Å². The molecule has 0 aromatic rings. The first kappa shape index (κ1) is 15.4. The van der Waals surface area contributed by atoms with Crippen LogP contribution in [0.5, 0.6) is 0 Å². The lowest BCUT2D eigenvalue weighted by molar-refractivity contribution is -0.131. The first-order valence-electron chi connectivity index (χ1n) is 6.61. The molecule has 0 aromatic heterocycles. The summed E-state index contributed by atoms with van der Waals surface area (Å²) in [5.41, 5.74) is 0. The normalized spacial score (nSPS) is 17.1. The number of alkyl halides is 1. The highest BCUT2D eigenvalue weighted by atomic mass is 79.9. The van der Waals surface area contributed by atoms with Gasteiger partial charge in [0.15, 0.2) is 0 Å². The maximum Gasteiger partial charge on any atom is 0.222 e. The van der Waals surface area contributed by atoms with Crippen LogP contribution in [0.3, 0.4) is 0 Å². The SMILES string of the molecule is CN(CCCCCBr)C(=O)CC1CCSCC1. The average molecular weight is 322 g/mol. The van der Waals surface area contributed by atoms with Crippen LogP contribution in [0, 0.1) is 5.92 Å². The summed E-state index contributed by atoms with van der Waals surface area (Å²) in [5.74, 6) is 3.48. The van der Waals surface area contributed by atoms with Crippen molar-refractivity contribution in [1.29, 1.82) is 0 Å². The molecule has 0 unspecified atom stereocenters. The molecular formula is C13H24BrNOS. The van der Waals surface area contributed by atoms with Gasteiger partial charge in [0.05, 0.1) is 0 Å². The number of carbonyl (C=O) groups is 1. The zero-order chi connectivity index (χ0) is 12.5. The van der Waals surface area contributed by atoms with Crippen LogP contribution in [-0.2, 0) is 4.79 Å². The van der Waals surface area contributed by atoms with Crippen LogP contribution in [0.4, 0.5) is 0 Å². The van der Waals surface area contributed by atoms with E-state index in [1.165, 1.54) is 37.2 Å². The standard InChI is InChI=1S/C13H24BrNOS/c1-15(8-4-2-3-7-14)13(16)11-12-5-9-17-10-6-12/h12H,2-11H2,1H3. The molecule has 0 atom stereocenters. The molecular weight excluding hydrogens is 298 g/mol. The summed E-state index contributed by atoms with van der Waals surface area (Å²) in [4.78, 5) is 13.9. The van der Waals surface area contributed by atoms with Crippen LogP contribution in [0.15, 0.2) is 0 Å². The van der Waals surface area contributed by atoms with Crippen molar-refractivity contribution < 1.29 is 4.79 Å². The summed E-state index contributed by atoms with van der Waals surface area (Å²) in [6.45, 7) is 0.924. The number of hydrogen-bond donors (Lipinski definition) is 0. The zero-order valence-electron chi connectivity index (χ0n) is 10.8. The maximum absolute atomic E-state index is 12.0. The third-order valence-electron chi connectivity index (χ3n) is 3.36. The quantitative estimate of drug-likeness (QED) is 0.528. The Balaban J connectivity index is 2.12. The summed E-state index contributed by atoms with van der Waals surface area (Å²) in [6, 6.07) is 0. The van der Waals surface area contributed by atoms with Gasteiger partial charge < -0.3 is 4.90 Å². The van der Waals surface area contributed by atoms with E-state index in [9.17, 15) is 4.79 Å². The second kappa shape index (κ2) is 9.26. The van der Waals surface area contributed by atoms with Crippen molar-refractivity contribution in [3.63, 3.8) is 0 Å². The van der Waals surface area contributed by atoms with Gasteiger partial charge in [-0.2, -0.15) is 11.8 Å². The number of rotatable bonds is 7. The summed E-state index contributed by atoms with van der Waals surface area (Å²) in [6.07, 6.45) is 6.79. The molecule has 0 radical (unpaired) electrons. The number of carbonyl (C=O) groups excluding carboxylic acids is 1. The number of thioether (sulfide) groups is 1. The van der Waals surface area contributed by atoms with Gasteiger partial charge in [-0.05, 0) is 43.1 Å². The first-order valence-corrected chi connectivity index (χ1v) is 8.89. The van der Waals surface area contributed by atoms with Gasteiger partial charge in [0, 0.05) is 25.3 Å². The molecule has 0 aromatic carbocycles.